The van der Waals surface area contributed by atoms with Crippen LogP contribution >= 0.6 is 15.9 Å². The van der Waals surface area contributed by atoms with Gasteiger partial charge in [0, 0.05) is 29.7 Å². The average Bonchev–Trinajstić information content (AvgIpc) is 2.46. The van der Waals surface area contributed by atoms with Crippen molar-refractivity contribution in [2.45, 2.75) is 46.1 Å². The van der Waals surface area contributed by atoms with Gasteiger partial charge in [0.1, 0.15) is 0 Å². The highest BCUT2D eigenvalue weighted by molar-refractivity contribution is 9.10. The van der Waals surface area contributed by atoms with E-state index in [1.807, 2.05) is 32.0 Å². The minimum atomic E-state index is 0.0655. The van der Waals surface area contributed by atoms with E-state index in [2.05, 4.69) is 40.0 Å². The number of halogens is 1. The number of carbonyl (C=O) groups is 1. The minimum absolute atomic E-state index is 0.0655. The summed E-state index contributed by atoms with van der Waals surface area (Å²) in [5.41, 5.74) is 3.59. The van der Waals surface area contributed by atoms with Gasteiger partial charge in [-0.15, -0.1) is 0 Å². The number of aromatic nitrogens is 1. The van der Waals surface area contributed by atoms with Crippen LogP contribution in [0, 0.1) is 12.8 Å². The fraction of sp³-hybridized carbons (Fsp3) is 0.529. The molecule has 0 bridgehead atoms. The van der Waals surface area contributed by atoms with Crippen LogP contribution in [0.5, 0.6) is 0 Å². The molecule has 0 N–H and O–H groups in total. The second kappa shape index (κ2) is 6.73. The van der Waals surface area contributed by atoms with Crippen LogP contribution in [-0.2, 0) is 4.79 Å². The molecule has 1 aromatic heterocycles. The smallest absolute Gasteiger partial charge is 0.225 e. The molecule has 1 unspecified atom stereocenters. The third-order valence-electron chi connectivity index (χ3n) is 4.12. The molecule has 114 valence electrons. The molecule has 1 aromatic rings. The van der Waals surface area contributed by atoms with Crippen LogP contribution < -0.4 is 0 Å². The van der Waals surface area contributed by atoms with Crippen molar-refractivity contribution in [1.29, 1.82) is 0 Å². The van der Waals surface area contributed by atoms with Gasteiger partial charge in [0.25, 0.3) is 0 Å². The second-order valence-electron chi connectivity index (χ2n) is 6.08. The van der Waals surface area contributed by atoms with Crippen molar-refractivity contribution < 1.29 is 4.79 Å². The molecule has 21 heavy (non-hydrogen) atoms. The van der Waals surface area contributed by atoms with Crippen LogP contribution in [0.4, 0.5) is 0 Å². The third-order valence-corrected chi connectivity index (χ3v) is 4.56. The van der Waals surface area contributed by atoms with Crippen LogP contribution in [0.3, 0.4) is 0 Å². The van der Waals surface area contributed by atoms with Crippen molar-refractivity contribution in [3.63, 3.8) is 0 Å². The van der Waals surface area contributed by atoms with Gasteiger partial charge in [-0.1, -0.05) is 19.9 Å². The molecule has 0 aliphatic heterocycles. The summed E-state index contributed by atoms with van der Waals surface area (Å²) >= 11 is 3.45. The summed E-state index contributed by atoms with van der Waals surface area (Å²) in [5, 5.41) is 0. The maximum absolute atomic E-state index is 12.1. The molecule has 0 aromatic carbocycles. The maximum atomic E-state index is 12.1. The van der Waals surface area contributed by atoms with E-state index in [0.29, 0.717) is 6.04 Å². The Morgan fingerprint density at radius 3 is 2.71 bits per heavy atom. The number of aryl methyl sites for hydroxylation is 1. The van der Waals surface area contributed by atoms with Crippen molar-refractivity contribution in [3.8, 4) is 0 Å². The van der Waals surface area contributed by atoms with Crippen LogP contribution in [0.2, 0.25) is 0 Å². The highest BCUT2D eigenvalue weighted by Crippen LogP contribution is 2.30. The Bertz CT molecular complexity index is 566. The zero-order chi connectivity index (χ0) is 15.6. The molecule has 1 amide bonds. The first kappa shape index (κ1) is 16.2. The lowest BCUT2D eigenvalue weighted by Crippen LogP contribution is -2.40. The number of carbonyl (C=O) groups excluding carboxylic acids is 1. The van der Waals surface area contributed by atoms with Crippen molar-refractivity contribution in [3.05, 3.63) is 34.1 Å². The Morgan fingerprint density at radius 2 is 2.19 bits per heavy atom. The van der Waals surface area contributed by atoms with Gasteiger partial charge in [0.15, 0.2) is 0 Å². The van der Waals surface area contributed by atoms with E-state index in [0.717, 1.165) is 29.4 Å². The summed E-state index contributed by atoms with van der Waals surface area (Å²) in [6.45, 7) is 6.00. The first-order chi connectivity index (χ1) is 9.90. The normalized spacial score (nSPS) is 18.6. The fourth-order valence-electron chi connectivity index (χ4n) is 2.85. The Balaban J connectivity index is 2.10. The summed E-state index contributed by atoms with van der Waals surface area (Å²) in [5.74, 6) is 0.297. The maximum Gasteiger partial charge on any atom is 0.225 e. The number of nitrogens with zero attached hydrogens (tertiary/aromatic N) is 2. The number of amides is 1. The lowest BCUT2D eigenvalue weighted by atomic mass is 9.90. The first-order valence-corrected chi connectivity index (χ1v) is 8.27. The lowest BCUT2D eigenvalue weighted by molar-refractivity contribution is -0.135. The van der Waals surface area contributed by atoms with Crippen molar-refractivity contribution in [1.82, 2.24) is 9.88 Å². The summed E-state index contributed by atoms with van der Waals surface area (Å²) in [6, 6.07) is 2.42. The first-order valence-electron chi connectivity index (χ1n) is 7.48. The largest absolute Gasteiger partial charge is 0.342 e. The zero-order valence-electron chi connectivity index (χ0n) is 13.2. The van der Waals surface area contributed by atoms with Crippen LogP contribution in [0.1, 0.15) is 44.4 Å². The van der Waals surface area contributed by atoms with Crippen molar-refractivity contribution >= 4 is 27.4 Å². The Kier molecular flexibility index (Phi) is 5.20. The van der Waals surface area contributed by atoms with E-state index in [9.17, 15) is 4.79 Å². The summed E-state index contributed by atoms with van der Waals surface area (Å²) in [7, 11) is 1.93. The molecule has 0 saturated carbocycles. The monoisotopic (exact) mass is 350 g/mol. The van der Waals surface area contributed by atoms with Gasteiger partial charge in [-0.05, 0) is 59.3 Å². The SMILES string of the molecule is Cc1cc(Br)cnc1C1=CCC(N(C)C(=O)C(C)C)CC1. The molecular weight excluding hydrogens is 328 g/mol. The Hall–Kier alpha value is -1.16. The van der Waals surface area contributed by atoms with E-state index >= 15 is 0 Å². The Morgan fingerprint density at radius 1 is 1.48 bits per heavy atom. The van der Waals surface area contributed by atoms with Gasteiger partial charge < -0.3 is 4.90 Å². The summed E-state index contributed by atoms with van der Waals surface area (Å²) in [4.78, 5) is 18.5. The third kappa shape index (κ3) is 3.73. The van der Waals surface area contributed by atoms with Crippen molar-refractivity contribution in [2.75, 3.05) is 7.05 Å². The minimum Gasteiger partial charge on any atom is -0.342 e. The molecule has 0 saturated heterocycles. The van der Waals surface area contributed by atoms with Gasteiger partial charge >= 0.3 is 0 Å². The highest BCUT2D eigenvalue weighted by atomic mass is 79.9. The van der Waals surface area contributed by atoms with E-state index in [1.165, 1.54) is 11.1 Å². The Labute approximate surface area is 135 Å². The van der Waals surface area contributed by atoms with Crippen LogP contribution in [0.15, 0.2) is 22.8 Å². The number of hydrogen-bond acceptors (Lipinski definition) is 2. The second-order valence-corrected chi connectivity index (χ2v) is 7.00. The quantitative estimate of drug-likeness (QED) is 0.818. The lowest BCUT2D eigenvalue weighted by Gasteiger charge is -2.32. The van der Waals surface area contributed by atoms with Gasteiger partial charge in [-0.2, -0.15) is 0 Å². The van der Waals surface area contributed by atoms with Crippen molar-refractivity contribution in [2.24, 2.45) is 5.92 Å². The molecule has 0 fully saturated rings. The number of pyridine rings is 1. The average molecular weight is 351 g/mol. The molecular formula is C17H23BrN2O. The van der Waals surface area contributed by atoms with Gasteiger partial charge in [0.05, 0.1) is 5.69 Å². The molecule has 0 spiro atoms. The predicted molar refractivity (Wildman–Crippen MR) is 89.9 cm³/mol. The molecule has 1 heterocycles. The van der Waals surface area contributed by atoms with Gasteiger partial charge in [-0.3, -0.25) is 9.78 Å². The summed E-state index contributed by atoms with van der Waals surface area (Å²) < 4.78 is 1.01. The molecule has 1 aliphatic carbocycles. The number of rotatable bonds is 3. The van der Waals surface area contributed by atoms with E-state index in [4.69, 9.17) is 0 Å². The van der Waals surface area contributed by atoms with Crippen LogP contribution in [-0.4, -0.2) is 28.9 Å². The molecule has 1 aliphatic rings. The fourth-order valence-corrected chi connectivity index (χ4v) is 3.30. The highest BCUT2D eigenvalue weighted by Gasteiger charge is 2.24. The van der Waals surface area contributed by atoms with E-state index in [1.54, 1.807) is 0 Å². The van der Waals surface area contributed by atoms with Gasteiger partial charge in [-0.25, -0.2) is 0 Å². The number of hydrogen-bond donors (Lipinski definition) is 0. The van der Waals surface area contributed by atoms with E-state index in [-0.39, 0.29) is 11.8 Å². The summed E-state index contributed by atoms with van der Waals surface area (Å²) in [6.07, 6.45) is 7.01. The molecule has 1 atom stereocenters. The molecule has 3 nitrogen and oxygen atoms in total. The zero-order valence-corrected chi connectivity index (χ0v) is 14.8. The van der Waals surface area contributed by atoms with E-state index < -0.39 is 0 Å². The molecule has 4 heteroatoms. The van der Waals surface area contributed by atoms with Gasteiger partial charge in [0.2, 0.25) is 5.91 Å². The predicted octanol–water partition coefficient (Wildman–Crippen LogP) is 4.20. The molecule has 2 rings (SSSR count). The van der Waals surface area contributed by atoms with Crippen LogP contribution in [0.25, 0.3) is 5.57 Å². The standard InChI is InChI=1S/C17H23BrN2O/c1-11(2)17(21)20(4)15-7-5-13(6-8-15)16-12(3)9-14(18)10-19-16/h5,9-11,15H,6-8H2,1-4H3. The molecule has 0 radical (unpaired) electrons. The topological polar surface area (TPSA) is 33.2 Å². The number of allylic oxidation sites excluding steroid dienone is 1.